The van der Waals surface area contributed by atoms with Gasteiger partial charge in [-0.1, -0.05) is 54.6 Å². The monoisotopic (exact) mass is 202 g/mol. The zero-order valence-electron chi connectivity index (χ0n) is 10.2. The topological polar surface area (TPSA) is 0 Å². The Balaban J connectivity index is 4.70. The summed E-state index contributed by atoms with van der Waals surface area (Å²) in [5.74, 6) is 0. The van der Waals surface area contributed by atoms with E-state index in [0.29, 0.717) is 10.1 Å². The minimum atomic E-state index is -0.545. The van der Waals surface area contributed by atoms with E-state index in [2.05, 4.69) is 54.6 Å². The normalized spacial score (nSPS) is 14.5. The molecule has 2 heteroatoms. The van der Waals surface area contributed by atoms with Crippen molar-refractivity contribution in [3.05, 3.63) is 0 Å². The van der Waals surface area contributed by atoms with Gasteiger partial charge in [-0.15, -0.1) is 0 Å². The highest BCUT2D eigenvalue weighted by Crippen LogP contribution is 2.42. The van der Waals surface area contributed by atoms with Crippen LogP contribution in [0.3, 0.4) is 0 Å². The molecular weight excluding hydrogens is 176 g/mol. The maximum atomic E-state index is 2.54. The average molecular weight is 202 g/mol. The van der Waals surface area contributed by atoms with Crippen LogP contribution in [0.15, 0.2) is 0 Å². The SMILES string of the molecule is C[SiH](C)[SiH](C(C)(C)C)C(C)(C)C. The minimum Gasteiger partial charge on any atom is -0.0743 e. The molecule has 0 nitrogen and oxygen atoms in total. The molecule has 0 unspecified atom stereocenters. The average Bonchev–Trinajstić information content (AvgIpc) is 1.49. The van der Waals surface area contributed by atoms with Crippen LogP contribution in [0.2, 0.25) is 23.2 Å². The van der Waals surface area contributed by atoms with Gasteiger partial charge in [-0.3, -0.25) is 0 Å². The maximum absolute atomic E-state index is 2.54. The van der Waals surface area contributed by atoms with Crippen molar-refractivity contribution >= 4 is 16.6 Å². The molecule has 0 aromatic heterocycles. The number of rotatable bonds is 1. The molecule has 0 aromatic carbocycles. The molecule has 0 amide bonds. The van der Waals surface area contributed by atoms with Crippen LogP contribution in [-0.4, -0.2) is 16.6 Å². The zero-order valence-corrected chi connectivity index (χ0v) is 12.5. The summed E-state index contributed by atoms with van der Waals surface area (Å²) in [5, 5.41) is 1.25. The van der Waals surface area contributed by atoms with Gasteiger partial charge in [0.15, 0.2) is 0 Å². The van der Waals surface area contributed by atoms with Crippen LogP contribution in [0.4, 0.5) is 0 Å². The predicted molar refractivity (Wildman–Crippen MR) is 65.5 cm³/mol. The lowest BCUT2D eigenvalue weighted by Crippen LogP contribution is -2.45. The van der Waals surface area contributed by atoms with Crippen molar-refractivity contribution in [1.29, 1.82) is 0 Å². The Labute approximate surface area is 81.8 Å². The molecule has 0 spiro atoms. The second kappa shape index (κ2) is 3.66. The summed E-state index contributed by atoms with van der Waals surface area (Å²) in [6.45, 7) is 19.7. The molecule has 0 bridgehead atoms. The Bertz CT molecular complexity index is 123. The second-order valence-corrected chi connectivity index (χ2v) is 19.4. The Kier molecular flexibility index (Phi) is 3.80. The third kappa shape index (κ3) is 3.44. The summed E-state index contributed by atoms with van der Waals surface area (Å²) in [6, 6.07) is 0. The van der Waals surface area contributed by atoms with Gasteiger partial charge < -0.3 is 0 Å². The summed E-state index contributed by atoms with van der Waals surface area (Å²) in [6.07, 6.45) is 0. The van der Waals surface area contributed by atoms with E-state index in [9.17, 15) is 0 Å². The smallest absolute Gasteiger partial charge is 0.0390 e. The van der Waals surface area contributed by atoms with Crippen molar-refractivity contribution in [2.75, 3.05) is 0 Å². The quantitative estimate of drug-likeness (QED) is 0.572. The molecule has 12 heavy (non-hydrogen) atoms. The van der Waals surface area contributed by atoms with Crippen LogP contribution in [-0.2, 0) is 0 Å². The number of hydrogen-bond donors (Lipinski definition) is 0. The Hall–Kier alpha value is 0.434. The first-order valence-electron chi connectivity index (χ1n) is 5.07. The van der Waals surface area contributed by atoms with Crippen molar-refractivity contribution in [1.82, 2.24) is 0 Å². The van der Waals surface area contributed by atoms with E-state index >= 15 is 0 Å². The van der Waals surface area contributed by atoms with Crippen molar-refractivity contribution in [2.24, 2.45) is 0 Å². The summed E-state index contributed by atoms with van der Waals surface area (Å²) in [7, 11) is -0.941. The summed E-state index contributed by atoms with van der Waals surface area (Å²) < 4.78 is 0. The molecular formula is C10H26Si2. The third-order valence-electron chi connectivity index (χ3n) is 2.53. The molecule has 0 aliphatic heterocycles. The van der Waals surface area contributed by atoms with Crippen molar-refractivity contribution in [3.8, 4) is 0 Å². The van der Waals surface area contributed by atoms with E-state index in [0.717, 1.165) is 0 Å². The van der Waals surface area contributed by atoms with Crippen molar-refractivity contribution in [3.63, 3.8) is 0 Å². The van der Waals surface area contributed by atoms with E-state index < -0.39 is 16.6 Å². The molecule has 0 aliphatic carbocycles. The van der Waals surface area contributed by atoms with Crippen LogP contribution in [0, 0.1) is 0 Å². The number of hydrogen-bond acceptors (Lipinski definition) is 0. The van der Waals surface area contributed by atoms with Gasteiger partial charge in [0, 0.05) is 16.6 Å². The molecule has 0 heterocycles. The van der Waals surface area contributed by atoms with E-state index in [-0.39, 0.29) is 0 Å². The zero-order chi connectivity index (χ0) is 10.2. The molecule has 0 rings (SSSR count). The second-order valence-electron chi connectivity index (χ2n) is 6.45. The van der Waals surface area contributed by atoms with E-state index in [4.69, 9.17) is 0 Å². The summed E-state index contributed by atoms with van der Waals surface area (Å²) >= 11 is 0. The summed E-state index contributed by atoms with van der Waals surface area (Å²) in [4.78, 5) is 0. The maximum Gasteiger partial charge on any atom is 0.0390 e. The fourth-order valence-corrected chi connectivity index (χ4v) is 21.9. The van der Waals surface area contributed by atoms with Crippen LogP contribution >= 0.6 is 0 Å². The molecule has 74 valence electrons. The predicted octanol–water partition coefficient (Wildman–Crippen LogP) is 3.38. The largest absolute Gasteiger partial charge is 0.0743 e. The van der Waals surface area contributed by atoms with Crippen LogP contribution in [0.25, 0.3) is 0 Å². The van der Waals surface area contributed by atoms with Gasteiger partial charge in [-0.05, 0) is 10.1 Å². The minimum absolute atomic E-state index is 0.397. The van der Waals surface area contributed by atoms with Crippen LogP contribution < -0.4 is 0 Å². The van der Waals surface area contributed by atoms with Gasteiger partial charge in [0.1, 0.15) is 0 Å². The Morgan fingerprint density at radius 2 is 0.917 bits per heavy atom. The lowest BCUT2D eigenvalue weighted by atomic mass is 10.2. The molecule has 0 aromatic rings. The van der Waals surface area contributed by atoms with E-state index in [1.807, 2.05) is 0 Å². The fourth-order valence-electron chi connectivity index (χ4n) is 3.30. The highest BCUT2D eigenvalue weighted by molar-refractivity contribution is 7.23. The van der Waals surface area contributed by atoms with Gasteiger partial charge in [-0.2, -0.15) is 0 Å². The molecule has 0 saturated heterocycles. The Morgan fingerprint density at radius 3 is 0.917 bits per heavy atom. The van der Waals surface area contributed by atoms with Crippen molar-refractivity contribution in [2.45, 2.75) is 64.7 Å². The first-order valence-corrected chi connectivity index (χ1v) is 11.2. The van der Waals surface area contributed by atoms with Gasteiger partial charge in [0.05, 0.1) is 0 Å². The van der Waals surface area contributed by atoms with Gasteiger partial charge >= 0.3 is 0 Å². The fraction of sp³-hybridized carbons (Fsp3) is 1.00. The molecule has 0 fully saturated rings. The highest BCUT2D eigenvalue weighted by Gasteiger charge is 2.38. The molecule has 0 saturated carbocycles. The van der Waals surface area contributed by atoms with Crippen LogP contribution in [0.5, 0.6) is 0 Å². The van der Waals surface area contributed by atoms with E-state index in [1.54, 1.807) is 0 Å². The van der Waals surface area contributed by atoms with Gasteiger partial charge in [0.25, 0.3) is 0 Å². The lowest BCUT2D eigenvalue weighted by Gasteiger charge is -2.42. The molecule has 0 radical (unpaired) electrons. The first-order chi connectivity index (χ1) is 5.07. The van der Waals surface area contributed by atoms with Gasteiger partial charge in [-0.25, -0.2) is 0 Å². The third-order valence-corrected chi connectivity index (χ3v) is 17.6. The van der Waals surface area contributed by atoms with Crippen molar-refractivity contribution < 1.29 is 0 Å². The Morgan fingerprint density at radius 1 is 0.667 bits per heavy atom. The van der Waals surface area contributed by atoms with Crippen LogP contribution in [0.1, 0.15) is 41.5 Å². The molecule has 0 N–H and O–H groups in total. The first kappa shape index (κ1) is 12.4. The standard InChI is InChI=1S/C10H26Si2/c1-9(2,3)12(11(7)8)10(4,5)6/h11-12H,1-8H3. The molecule has 0 atom stereocenters. The van der Waals surface area contributed by atoms with Gasteiger partial charge in [0.2, 0.25) is 0 Å². The summed E-state index contributed by atoms with van der Waals surface area (Å²) in [5.41, 5.74) is 0. The molecule has 0 aliphatic rings. The lowest BCUT2D eigenvalue weighted by molar-refractivity contribution is 0.658. The van der Waals surface area contributed by atoms with E-state index in [1.165, 1.54) is 0 Å². The highest BCUT2D eigenvalue weighted by atomic mass is 29.2.